The molecule has 1 aromatic carbocycles. The summed E-state index contributed by atoms with van der Waals surface area (Å²) in [5, 5.41) is 3.12. The minimum Gasteiger partial charge on any atom is -0.384 e. The maximum absolute atomic E-state index is 13.0. The standard InChI is InChI=1S/C13H15FN4/c1-3-12-17-11(15)7-13(18-12)16-10-5-4-9(14)6-8(10)2/h4-7H,3H2,1-2H3,(H3,15,16,17,18). The number of aryl methyl sites for hydroxylation is 2. The first-order valence-electron chi connectivity index (χ1n) is 5.75. The van der Waals surface area contributed by atoms with Gasteiger partial charge in [-0.2, -0.15) is 0 Å². The summed E-state index contributed by atoms with van der Waals surface area (Å²) in [4.78, 5) is 8.41. The van der Waals surface area contributed by atoms with Crippen LogP contribution in [0.15, 0.2) is 24.3 Å². The van der Waals surface area contributed by atoms with Crippen LogP contribution in [0, 0.1) is 12.7 Å². The summed E-state index contributed by atoms with van der Waals surface area (Å²) < 4.78 is 13.0. The fourth-order valence-electron chi connectivity index (χ4n) is 1.65. The first kappa shape index (κ1) is 12.3. The Morgan fingerprint density at radius 2 is 2.06 bits per heavy atom. The van der Waals surface area contributed by atoms with Crippen LogP contribution >= 0.6 is 0 Å². The molecule has 0 aliphatic carbocycles. The van der Waals surface area contributed by atoms with Crippen LogP contribution in [0.4, 0.5) is 21.7 Å². The zero-order valence-corrected chi connectivity index (χ0v) is 10.4. The molecule has 0 atom stereocenters. The summed E-state index contributed by atoms with van der Waals surface area (Å²) in [5.41, 5.74) is 7.31. The van der Waals surface area contributed by atoms with E-state index in [0.717, 1.165) is 11.3 Å². The molecule has 0 unspecified atom stereocenters. The fraction of sp³-hybridized carbons (Fsp3) is 0.231. The van der Waals surface area contributed by atoms with E-state index in [1.807, 2.05) is 13.8 Å². The van der Waals surface area contributed by atoms with Gasteiger partial charge in [-0.1, -0.05) is 6.92 Å². The Morgan fingerprint density at radius 1 is 1.28 bits per heavy atom. The summed E-state index contributed by atoms with van der Waals surface area (Å²) in [7, 11) is 0. The normalized spacial score (nSPS) is 10.4. The van der Waals surface area contributed by atoms with Crippen LogP contribution in [-0.4, -0.2) is 9.97 Å². The molecule has 18 heavy (non-hydrogen) atoms. The molecule has 5 heteroatoms. The van der Waals surface area contributed by atoms with Gasteiger partial charge in [-0.05, 0) is 30.7 Å². The van der Waals surface area contributed by atoms with Gasteiger partial charge in [0.1, 0.15) is 23.3 Å². The Hall–Kier alpha value is -2.17. The minimum absolute atomic E-state index is 0.255. The molecule has 0 bridgehead atoms. The molecule has 0 spiro atoms. The van der Waals surface area contributed by atoms with Gasteiger partial charge in [-0.15, -0.1) is 0 Å². The fourth-order valence-corrected chi connectivity index (χ4v) is 1.65. The van der Waals surface area contributed by atoms with E-state index in [4.69, 9.17) is 5.73 Å². The summed E-state index contributed by atoms with van der Waals surface area (Å²) in [6, 6.07) is 6.20. The molecule has 0 aliphatic heterocycles. The molecule has 0 amide bonds. The van der Waals surface area contributed by atoms with Gasteiger partial charge in [0.25, 0.3) is 0 Å². The average molecular weight is 246 g/mol. The smallest absolute Gasteiger partial charge is 0.136 e. The van der Waals surface area contributed by atoms with Crippen LogP contribution in [0.2, 0.25) is 0 Å². The van der Waals surface area contributed by atoms with Crippen LogP contribution in [0.1, 0.15) is 18.3 Å². The molecular formula is C13H15FN4. The van der Waals surface area contributed by atoms with Gasteiger partial charge < -0.3 is 11.1 Å². The first-order chi connectivity index (χ1) is 8.58. The second-order valence-corrected chi connectivity index (χ2v) is 4.03. The number of nitrogen functional groups attached to an aromatic ring is 1. The molecule has 1 aromatic heterocycles. The van der Waals surface area contributed by atoms with Crippen molar-refractivity contribution in [2.24, 2.45) is 0 Å². The number of hydrogen-bond donors (Lipinski definition) is 2. The molecule has 4 nitrogen and oxygen atoms in total. The lowest BCUT2D eigenvalue weighted by Crippen LogP contribution is -2.03. The van der Waals surface area contributed by atoms with Crippen LogP contribution in [0.5, 0.6) is 0 Å². The van der Waals surface area contributed by atoms with E-state index in [0.29, 0.717) is 23.9 Å². The predicted molar refractivity (Wildman–Crippen MR) is 70.2 cm³/mol. The molecule has 0 aliphatic rings. The number of nitrogens with zero attached hydrogens (tertiary/aromatic N) is 2. The van der Waals surface area contributed by atoms with E-state index in [2.05, 4.69) is 15.3 Å². The van der Waals surface area contributed by atoms with Crippen LogP contribution in [-0.2, 0) is 6.42 Å². The average Bonchev–Trinajstić information content (AvgIpc) is 2.32. The molecule has 0 fully saturated rings. The lowest BCUT2D eigenvalue weighted by Gasteiger charge is -2.10. The van der Waals surface area contributed by atoms with Gasteiger partial charge >= 0.3 is 0 Å². The Morgan fingerprint density at radius 3 is 2.72 bits per heavy atom. The van der Waals surface area contributed by atoms with Crippen molar-refractivity contribution in [3.63, 3.8) is 0 Å². The topological polar surface area (TPSA) is 63.8 Å². The zero-order chi connectivity index (χ0) is 13.1. The van der Waals surface area contributed by atoms with Crippen molar-refractivity contribution in [1.82, 2.24) is 9.97 Å². The number of nitrogens with one attached hydrogen (secondary N) is 1. The molecule has 2 aromatic rings. The van der Waals surface area contributed by atoms with Gasteiger partial charge in [0, 0.05) is 18.2 Å². The number of nitrogens with two attached hydrogens (primary N) is 1. The summed E-state index contributed by atoms with van der Waals surface area (Å²) >= 11 is 0. The number of benzene rings is 1. The van der Waals surface area contributed by atoms with Crippen LogP contribution in [0.3, 0.4) is 0 Å². The lowest BCUT2D eigenvalue weighted by atomic mass is 10.2. The predicted octanol–water partition coefficient (Wildman–Crippen LogP) is 2.81. The van der Waals surface area contributed by atoms with Crippen molar-refractivity contribution in [2.45, 2.75) is 20.3 Å². The lowest BCUT2D eigenvalue weighted by molar-refractivity contribution is 0.627. The number of hydrogen-bond acceptors (Lipinski definition) is 4. The van der Waals surface area contributed by atoms with Gasteiger partial charge in [0.05, 0.1) is 0 Å². The van der Waals surface area contributed by atoms with Gasteiger partial charge in [0.2, 0.25) is 0 Å². The van der Waals surface area contributed by atoms with Crippen molar-refractivity contribution in [1.29, 1.82) is 0 Å². The van der Waals surface area contributed by atoms with Crippen LogP contribution in [0.25, 0.3) is 0 Å². The molecule has 94 valence electrons. The number of halogens is 1. The van der Waals surface area contributed by atoms with Crippen molar-refractivity contribution in [3.05, 3.63) is 41.5 Å². The van der Waals surface area contributed by atoms with E-state index < -0.39 is 0 Å². The number of rotatable bonds is 3. The highest BCUT2D eigenvalue weighted by atomic mass is 19.1. The van der Waals surface area contributed by atoms with E-state index in [1.54, 1.807) is 12.1 Å². The molecule has 0 saturated heterocycles. The Labute approximate surface area is 105 Å². The number of anilines is 3. The monoisotopic (exact) mass is 246 g/mol. The van der Waals surface area contributed by atoms with Gasteiger partial charge in [-0.3, -0.25) is 0 Å². The Kier molecular flexibility index (Phi) is 3.41. The highest BCUT2D eigenvalue weighted by Crippen LogP contribution is 2.21. The molecule has 0 radical (unpaired) electrons. The third-order valence-electron chi connectivity index (χ3n) is 2.56. The maximum Gasteiger partial charge on any atom is 0.136 e. The molecular weight excluding hydrogens is 231 g/mol. The van der Waals surface area contributed by atoms with E-state index in [9.17, 15) is 4.39 Å². The minimum atomic E-state index is -0.255. The number of aromatic nitrogens is 2. The molecule has 1 heterocycles. The molecule has 3 N–H and O–H groups in total. The molecule has 0 saturated carbocycles. The second kappa shape index (κ2) is 5.00. The van der Waals surface area contributed by atoms with Gasteiger partial charge in [0.15, 0.2) is 0 Å². The van der Waals surface area contributed by atoms with E-state index >= 15 is 0 Å². The van der Waals surface area contributed by atoms with Gasteiger partial charge in [-0.25, -0.2) is 14.4 Å². The van der Waals surface area contributed by atoms with Crippen molar-refractivity contribution >= 4 is 17.3 Å². The van der Waals surface area contributed by atoms with E-state index in [-0.39, 0.29) is 5.82 Å². The molecule has 2 rings (SSSR count). The maximum atomic E-state index is 13.0. The largest absolute Gasteiger partial charge is 0.384 e. The summed E-state index contributed by atoms with van der Waals surface area (Å²) in [6.07, 6.45) is 0.710. The quantitative estimate of drug-likeness (QED) is 0.874. The highest BCUT2D eigenvalue weighted by molar-refractivity contribution is 5.61. The Bertz CT molecular complexity index is 569. The van der Waals surface area contributed by atoms with Crippen molar-refractivity contribution < 1.29 is 4.39 Å². The van der Waals surface area contributed by atoms with Crippen molar-refractivity contribution in [3.8, 4) is 0 Å². The third kappa shape index (κ3) is 2.74. The first-order valence-corrected chi connectivity index (χ1v) is 5.75. The third-order valence-corrected chi connectivity index (χ3v) is 2.56. The summed E-state index contributed by atoms with van der Waals surface area (Å²) in [6.45, 7) is 3.79. The zero-order valence-electron chi connectivity index (χ0n) is 10.4. The SMILES string of the molecule is CCc1nc(N)cc(Nc2ccc(F)cc2C)n1. The summed E-state index contributed by atoms with van der Waals surface area (Å²) in [5.74, 6) is 1.46. The van der Waals surface area contributed by atoms with Crippen molar-refractivity contribution in [2.75, 3.05) is 11.1 Å². The second-order valence-electron chi connectivity index (χ2n) is 4.03. The van der Waals surface area contributed by atoms with E-state index in [1.165, 1.54) is 12.1 Å². The highest BCUT2D eigenvalue weighted by Gasteiger charge is 2.04. The van der Waals surface area contributed by atoms with Crippen LogP contribution < -0.4 is 11.1 Å². The Balaban J connectivity index is 2.30.